The zero-order chi connectivity index (χ0) is 9.03. The van der Waals surface area contributed by atoms with Crippen molar-refractivity contribution in [2.75, 3.05) is 13.1 Å². The molecule has 0 bridgehead atoms. The van der Waals surface area contributed by atoms with Crippen molar-refractivity contribution in [2.24, 2.45) is 11.3 Å². The van der Waals surface area contributed by atoms with Crippen molar-refractivity contribution in [1.29, 1.82) is 0 Å². The van der Waals surface area contributed by atoms with Gasteiger partial charge in [-0.05, 0) is 30.7 Å². The average molecular weight is 167 g/mol. The highest BCUT2D eigenvalue weighted by molar-refractivity contribution is 4.97. The van der Waals surface area contributed by atoms with Crippen LogP contribution in [0.2, 0.25) is 0 Å². The van der Waals surface area contributed by atoms with Crippen LogP contribution in [0.4, 0.5) is 0 Å². The minimum absolute atomic E-state index is 0.345. The highest BCUT2D eigenvalue weighted by Gasteiger charge is 2.11. The maximum absolute atomic E-state index is 3.42. The molecule has 0 aromatic rings. The van der Waals surface area contributed by atoms with E-state index in [1.165, 1.54) is 25.9 Å². The van der Waals surface area contributed by atoms with Crippen LogP contribution in [0.15, 0.2) is 12.2 Å². The first-order valence-corrected chi connectivity index (χ1v) is 4.98. The summed E-state index contributed by atoms with van der Waals surface area (Å²) in [5.74, 6) is 0.776. The van der Waals surface area contributed by atoms with Crippen molar-refractivity contribution in [2.45, 2.75) is 33.6 Å². The van der Waals surface area contributed by atoms with Gasteiger partial charge in [0.1, 0.15) is 0 Å². The summed E-state index contributed by atoms with van der Waals surface area (Å²) >= 11 is 0. The molecule has 0 aromatic carbocycles. The lowest BCUT2D eigenvalue weighted by molar-refractivity contribution is 0.432. The van der Waals surface area contributed by atoms with Crippen molar-refractivity contribution in [3.05, 3.63) is 12.2 Å². The molecular weight excluding hydrogens is 146 g/mol. The fourth-order valence-electron chi connectivity index (χ4n) is 1.47. The zero-order valence-electron chi connectivity index (χ0n) is 8.56. The Labute approximate surface area is 76.2 Å². The zero-order valence-corrected chi connectivity index (χ0v) is 8.56. The van der Waals surface area contributed by atoms with E-state index in [9.17, 15) is 0 Å². The number of rotatable bonds is 1. The second-order valence-corrected chi connectivity index (χ2v) is 4.83. The smallest absolute Gasteiger partial charge is 0.00142 e. The molecule has 70 valence electrons. The van der Waals surface area contributed by atoms with Gasteiger partial charge in [0, 0.05) is 6.54 Å². The van der Waals surface area contributed by atoms with E-state index in [1.807, 2.05) is 0 Å². The fourth-order valence-corrected chi connectivity index (χ4v) is 1.47. The number of nitrogens with one attached hydrogen (secondary N) is 1. The average Bonchev–Trinajstić information content (AvgIpc) is 2.02. The summed E-state index contributed by atoms with van der Waals surface area (Å²) in [6.45, 7) is 9.13. The van der Waals surface area contributed by atoms with E-state index in [2.05, 4.69) is 38.2 Å². The lowest BCUT2D eigenvalue weighted by Gasteiger charge is -2.21. The van der Waals surface area contributed by atoms with Gasteiger partial charge in [-0.2, -0.15) is 0 Å². The molecular formula is C11H21N. The molecule has 0 amide bonds. The lowest BCUT2D eigenvalue weighted by Crippen LogP contribution is -2.28. The first-order chi connectivity index (χ1) is 5.58. The maximum Gasteiger partial charge on any atom is 0.00142 e. The van der Waals surface area contributed by atoms with Gasteiger partial charge in [-0.15, -0.1) is 0 Å². The molecule has 1 heteroatoms. The molecule has 1 atom stereocenters. The van der Waals surface area contributed by atoms with Gasteiger partial charge in [0.2, 0.25) is 0 Å². The molecule has 0 spiro atoms. The first kappa shape index (κ1) is 9.79. The van der Waals surface area contributed by atoms with Crippen LogP contribution in [0.1, 0.15) is 33.6 Å². The summed E-state index contributed by atoms with van der Waals surface area (Å²) in [7, 11) is 0. The van der Waals surface area contributed by atoms with E-state index < -0.39 is 0 Å². The van der Waals surface area contributed by atoms with Crippen molar-refractivity contribution in [3.8, 4) is 0 Å². The van der Waals surface area contributed by atoms with Gasteiger partial charge in [-0.3, -0.25) is 0 Å². The molecule has 1 heterocycles. The van der Waals surface area contributed by atoms with Crippen LogP contribution in [-0.2, 0) is 0 Å². The van der Waals surface area contributed by atoms with Crippen LogP contribution in [0.3, 0.4) is 0 Å². The van der Waals surface area contributed by atoms with Crippen LogP contribution in [0.5, 0.6) is 0 Å². The van der Waals surface area contributed by atoms with Crippen LogP contribution in [0, 0.1) is 11.3 Å². The van der Waals surface area contributed by atoms with Gasteiger partial charge in [0.05, 0.1) is 0 Å². The van der Waals surface area contributed by atoms with E-state index in [-0.39, 0.29) is 0 Å². The molecule has 1 aliphatic heterocycles. The van der Waals surface area contributed by atoms with Gasteiger partial charge >= 0.3 is 0 Å². The van der Waals surface area contributed by atoms with Gasteiger partial charge in [0.25, 0.3) is 0 Å². The van der Waals surface area contributed by atoms with Crippen LogP contribution in [0.25, 0.3) is 0 Å². The molecule has 1 nitrogen and oxygen atoms in total. The number of piperidine rings is 1. The summed E-state index contributed by atoms with van der Waals surface area (Å²) in [6.07, 6.45) is 7.41. The largest absolute Gasteiger partial charge is 0.316 e. The van der Waals surface area contributed by atoms with Crippen molar-refractivity contribution in [1.82, 2.24) is 5.32 Å². The second kappa shape index (κ2) is 4.08. The van der Waals surface area contributed by atoms with E-state index in [4.69, 9.17) is 0 Å². The summed E-state index contributed by atoms with van der Waals surface area (Å²) in [6, 6.07) is 0. The molecule has 0 aliphatic carbocycles. The van der Waals surface area contributed by atoms with E-state index >= 15 is 0 Å². The molecule has 0 radical (unpaired) electrons. The summed E-state index contributed by atoms with van der Waals surface area (Å²) < 4.78 is 0. The highest BCUT2D eigenvalue weighted by atomic mass is 14.9. The Morgan fingerprint density at radius 3 is 2.58 bits per heavy atom. The summed E-state index contributed by atoms with van der Waals surface area (Å²) in [5, 5.41) is 3.42. The van der Waals surface area contributed by atoms with Gasteiger partial charge < -0.3 is 5.32 Å². The van der Waals surface area contributed by atoms with Crippen LogP contribution >= 0.6 is 0 Å². The Hall–Kier alpha value is -0.300. The van der Waals surface area contributed by atoms with Gasteiger partial charge in [-0.1, -0.05) is 32.9 Å². The Morgan fingerprint density at radius 2 is 2.08 bits per heavy atom. The Balaban J connectivity index is 2.33. The summed E-state index contributed by atoms with van der Waals surface area (Å²) in [4.78, 5) is 0. The molecule has 1 rings (SSSR count). The van der Waals surface area contributed by atoms with Crippen LogP contribution < -0.4 is 5.32 Å². The summed E-state index contributed by atoms with van der Waals surface area (Å²) in [5.41, 5.74) is 0.345. The standard InChI is InChI=1S/C11H21N/c1-11(2,3)7-6-10-5-4-8-12-9-10/h6-7,10,12H,4-5,8-9H2,1-3H3/b7-6+. The predicted molar refractivity (Wildman–Crippen MR) is 54.2 cm³/mol. The van der Waals surface area contributed by atoms with Gasteiger partial charge in [0.15, 0.2) is 0 Å². The van der Waals surface area contributed by atoms with E-state index in [0.29, 0.717) is 5.41 Å². The fraction of sp³-hybridized carbons (Fsp3) is 0.818. The Bertz CT molecular complexity index is 147. The molecule has 0 aromatic heterocycles. The third kappa shape index (κ3) is 3.91. The number of hydrogen-bond acceptors (Lipinski definition) is 1. The third-order valence-corrected chi connectivity index (χ3v) is 2.20. The molecule has 1 aliphatic rings. The van der Waals surface area contributed by atoms with E-state index in [1.54, 1.807) is 0 Å². The number of allylic oxidation sites excluding steroid dienone is 1. The molecule has 12 heavy (non-hydrogen) atoms. The molecule has 1 unspecified atom stereocenters. The first-order valence-electron chi connectivity index (χ1n) is 4.98. The highest BCUT2D eigenvalue weighted by Crippen LogP contribution is 2.18. The lowest BCUT2D eigenvalue weighted by atomic mass is 9.91. The second-order valence-electron chi connectivity index (χ2n) is 4.83. The molecule has 1 N–H and O–H groups in total. The quantitative estimate of drug-likeness (QED) is 0.592. The Kier molecular flexibility index (Phi) is 3.33. The van der Waals surface area contributed by atoms with Gasteiger partial charge in [-0.25, -0.2) is 0 Å². The van der Waals surface area contributed by atoms with Crippen molar-refractivity contribution >= 4 is 0 Å². The normalized spacial score (nSPS) is 26.4. The predicted octanol–water partition coefficient (Wildman–Crippen LogP) is 2.59. The monoisotopic (exact) mass is 167 g/mol. The van der Waals surface area contributed by atoms with Crippen molar-refractivity contribution < 1.29 is 0 Å². The molecule has 1 fully saturated rings. The van der Waals surface area contributed by atoms with Crippen molar-refractivity contribution in [3.63, 3.8) is 0 Å². The SMILES string of the molecule is CC(C)(C)/C=C/C1CCCNC1. The number of hydrogen-bond donors (Lipinski definition) is 1. The molecule has 0 saturated carbocycles. The van der Waals surface area contributed by atoms with E-state index in [0.717, 1.165) is 5.92 Å². The molecule has 1 saturated heterocycles. The maximum atomic E-state index is 3.42. The van der Waals surface area contributed by atoms with Crippen LogP contribution in [-0.4, -0.2) is 13.1 Å². The Morgan fingerprint density at radius 1 is 1.33 bits per heavy atom. The third-order valence-electron chi connectivity index (χ3n) is 2.20. The minimum atomic E-state index is 0.345. The topological polar surface area (TPSA) is 12.0 Å². The minimum Gasteiger partial charge on any atom is -0.316 e.